The molecule has 0 unspecified atom stereocenters. The van der Waals surface area contributed by atoms with Crippen molar-refractivity contribution in [2.24, 2.45) is 5.41 Å². The number of carbonyl (C=O) groups is 1. The largest absolute Gasteiger partial charge is 0.448 e. The minimum absolute atomic E-state index is 0.218. The summed E-state index contributed by atoms with van der Waals surface area (Å²) in [5.74, 6) is 1.22. The normalized spacial score (nSPS) is 15.4. The topological polar surface area (TPSA) is 46.3 Å². The minimum Gasteiger partial charge on any atom is -0.448 e. The van der Waals surface area contributed by atoms with Crippen molar-refractivity contribution < 1.29 is 9.21 Å². The van der Waals surface area contributed by atoms with Crippen LogP contribution >= 0.6 is 0 Å². The van der Waals surface area contributed by atoms with Crippen LogP contribution in [-0.4, -0.2) is 22.3 Å². The van der Waals surface area contributed by atoms with Crippen LogP contribution < -0.4 is 0 Å². The molecule has 0 saturated heterocycles. The van der Waals surface area contributed by atoms with Gasteiger partial charge < -0.3 is 9.32 Å². The Balaban J connectivity index is 2.11. The molecule has 0 fully saturated rings. The molecule has 1 amide bonds. The molecular weight excluding hydrogens is 240 g/mol. The third-order valence-corrected chi connectivity index (χ3v) is 4.08. The summed E-state index contributed by atoms with van der Waals surface area (Å²) in [6.07, 6.45) is 6.28. The quantitative estimate of drug-likeness (QED) is 0.820. The predicted octanol–water partition coefficient (Wildman–Crippen LogP) is 3.17. The molecular formula is C15H24N2O2. The number of amides is 1. The number of nitrogens with zero attached hydrogens (tertiary/aromatic N) is 2. The van der Waals surface area contributed by atoms with Gasteiger partial charge in [0.15, 0.2) is 6.39 Å². The van der Waals surface area contributed by atoms with Crippen LogP contribution in [0.25, 0.3) is 0 Å². The molecule has 0 radical (unpaired) electrons. The molecule has 1 aliphatic rings. The van der Waals surface area contributed by atoms with Gasteiger partial charge in [0.1, 0.15) is 11.5 Å². The van der Waals surface area contributed by atoms with Crippen molar-refractivity contribution in [1.29, 1.82) is 0 Å². The standard InChI is InChI=1S/C15H24N2O2/c1-4-7-15(3,8-5-2)14(18)17-9-6-13-12(10-17)16-11-19-13/h11H,4-10H2,1-3H3. The lowest BCUT2D eigenvalue weighted by molar-refractivity contribution is -0.143. The molecule has 0 bridgehead atoms. The summed E-state index contributed by atoms with van der Waals surface area (Å²) >= 11 is 0. The Morgan fingerprint density at radius 3 is 2.74 bits per heavy atom. The molecule has 1 aromatic rings. The second-order valence-electron chi connectivity index (χ2n) is 5.76. The van der Waals surface area contributed by atoms with E-state index in [1.165, 1.54) is 6.39 Å². The smallest absolute Gasteiger partial charge is 0.228 e. The van der Waals surface area contributed by atoms with Gasteiger partial charge in [-0.25, -0.2) is 4.98 Å². The van der Waals surface area contributed by atoms with Crippen molar-refractivity contribution in [2.45, 2.75) is 59.4 Å². The summed E-state index contributed by atoms with van der Waals surface area (Å²) in [5, 5.41) is 0. The lowest BCUT2D eigenvalue weighted by Gasteiger charge is -2.35. The van der Waals surface area contributed by atoms with Gasteiger partial charge in [-0.05, 0) is 12.8 Å². The average Bonchev–Trinajstić information content (AvgIpc) is 2.85. The van der Waals surface area contributed by atoms with Gasteiger partial charge in [0, 0.05) is 18.4 Å². The molecule has 1 aromatic heterocycles. The fraction of sp³-hybridized carbons (Fsp3) is 0.733. The van der Waals surface area contributed by atoms with E-state index in [9.17, 15) is 4.79 Å². The Bertz CT molecular complexity index is 433. The van der Waals surface area contributed by atoms with Gasteiger partial charge in [-0.15, -0.1) is 0 Å². The maximum atomic E-state index is 12.8. The van der Waals surface area contributed by atoms with E-state index >= 15 is 0 Å². The fourth-order valence-corrected chi connectivity index (χ4v) is 3.12. The van der Waals surface area contributed by atoms with Crippen molar-refractivity contribution in [3.05, 3.63) is 17.8 Å². The first-order valence-electron chi connectivity index (χ1n) is 7.31. The molecule has 2 heterocycles. The van der Waals surface area contributed by atoms with Crippen LogP contribution in [-0.2, 0) is 17.8 Å². The van der Waals surface area contributed by atoms with E-state index in [-0.39, 0.29) is 11.3 Å². The number of rotatable bonds is 5. The highest BCUT2D eigenvalue weighted by Gasteiger charge is 2.36. The molecule has 1 aliphatic heterocycles. The van der Waals surface area contributed by atoms with Gasteiger partial charge in [-0.1, -0.05) is 33.6 Å². The van der Waals surface area contributed by atoms with Gasteiger partial charge in [0.2, 0.25) is 5.91 Å². The second-order valence-corrected chi connectivity index (χ2v) is 5.76. The zero-order valence-corrected chi connectivity index (χ0v) is 12.2. The lowest BCUT2D eigenvalue weighted by Crippen LogP contribution is -2.44. The van der Waals surface area contributed by atoms with Crippen molar-refractivity contribution in [3.63, 3.8) is 0 Å². The highest BCUT2D eigenvalue weighted by atomic mass is 16.3. The number of carbonyl (C=O) groups excluding carboxylic acids is 1. The summed E-state index contributed by atoms with van der Waals surface area (Å²) in [6.45, 7) is 7.76. The lowest BCUT2D eigenvalue weighted by atomic mass is 9.79. The first-order valence-corrected chi connectivity index (χ1v) is 7.31. The van der Waals surface area contributed by atoms with E-state index in [2.05, 4.69) is 25.8 Å². The third-order valence-electron chi connectivity index (χ3n) is 4.08. The van der Waals surface area contributed by atoms with Crippen LogP contribution in [0.2, 0.25) is 0 Å². The second kappa shape index (κ2) is 5.76. The molecule has 0 spiro atoms. The van der Waals surface area contributed by atoms with Gasteiger partial charge in [0.05, 0.1) is 6.54 Å². The summed E-state index contributed by atoms with van der Waals surface area (Å²) in [4.78, 5) is 19.0. The monoisotopic (exact) mass is 264 g/mol. The zero-order chi connectivity index (χ0) is 13.9. The molecule has 0 aromatic carbocycles. The Morgan fingerprint density at radius 1 is 1.42 bits per heavy atom. The number of oxazole rings is 1. The van der Waals surface area contributed by atoms with E-state index < -0.39 is 0 Å². The van der Waals surface area contributed by atoms with Gasteiger partial charge >= 0.3 is 0 Å². The number of aromatic nitrogens is 1. The van der Waals surface area contributed by atoms with Crippen molar-refractivity contribution in [2.75, 3.05) is 6.54 Å². The molecule has 19 heavy (non-hydrogen) atoms. The minimum atomic E-state index is -0.218. The maximum absolute atomic E-state index is 12.8. The molecule has 4 heteroatoms. The SMILES string of the molecule is CCCC(C)(CCC)C(=O)N1CCc2ocnc2C1. The third kappa shape index (κ3) is 2.82. The molecule has 0 N–H and O–H groups in total. The highest BCUT2D eigenvalue weighted by molar-refractivity contribution is 5.82. The maximum Gasteiger partial charge on any atom is 0.228 e. The van der Waals surface area contributed by atoms with Crippen LogP contribution in [0, 0.1) is 5.41 Å². The Labute approximate surface area is 115 Å². The fourth-order valence-electron chi connectivity index (χ4n) is 3.12. The van der Waals surface area contributed by atoms with E-state index in [0.717, 1.165) is 50.1 Å². The van der Waals surface area contributed by atoms with E-state index in [0.29, 0.717) is 6.54 Å². The first-order chi connectivity index (χ1) is 9.10. The molecule has 2 rings (SSSR count). The predicted molar refractivity (Wildman–Crippen MR) is 73.5 cm³/mol. The van der Waals surface area contributed by atoms with Gasteiger partial charge in [-0.3, -0.25) is 4.79 Å². The highest BCUT2D eigenvalue weighted by Crippen LogP contribution is 2.33. The van der Waals surface area contributed by atoms with Crippen molar-refractivity contribution >= 4 is 5.91 Å². The van der Waals surface area contributed by atoms with Crippen molar-refractivity contribution in [3.8, 4) is 0 Å². The molecule has 0 aliphatic carbocycles. The van der Waals surface area contributed by atoms with Crippen molar-refractivity contribution in [1.82, 2.24) is 9.88 Å². The van der Waals surface area contributed by atoms with Crippen LogP contribution in [0.4, 0.5) is 0 Å². The number of hydrogen-bond donors (Lipinski definition) is 0. The Hall–Kier alpha value is -1.32. The molecule has 0 saturated carbocycles. The average molecular weight is 264 g/mol. The Kier molecular flexibility index (Phi) is 4.27. The van der Waals surface area contributed by atoms with Crippen LogP contribution in [0.5, 0.6) is 0 Å². The zero-order valence-electron chi connectivity index (χ0n) is 12.2. The number of fused-ring (bicyclic) bond motifs is 1. The van der Waals surface area contributed by atoms with Crippen LogP contribution in [0.1, 0.15) is 57.9 Å². The van der Waals surface area contributed by atoms with E-state index in [1.807, 2.05) is 4.90 Å². The van der Waals surface area contributed by atoms with E-state index in [1.54, 1.807) is 0 Å². The van der Waals surface area contributed by atoms with E-state index in [4.69, 9.17) is 4.42 Å². The van der Waals surface area contributed by atoms with Crippen LogP contribution in [0.15, 0.2) is 10.8 Å². The molecule has 0 atom stereocenters. The first kappa shape index (κ1) is 14.1. The van der Waals surface area contributed by atoms with Crippen LogP contribution in [0.3, 0.4) is 0 Å². The Morgan fingerprint density at radius 2 is 2.11 bits per heavy atom. The van der Waals surface area contributed by atoms with Gasteiger partial charge in [0.25, 0.3) is 0 Å². The molecule has 106 valence electrons. The summed E-state index contributed by atoms with van der Waals surface area (Å²) in [7, 11) is 0. The summed E-state index contributed by atoms with van der Waals surface area (Å²) in [5.41, 5.74) is 0.708. The number of hydrogen-bond acceptors (Lipinski definition) is 3. The summed E-state index contributed by atoms with van der Waals surface area (Å²) in [6, 6.07) is 0. The van der Waals surface area contributed by atoms with Gasteiger partial charge in [-0.2, -0.15) is 0 Å². The molecule has 4 nitrogen and oxygen atoms in total. The summed E-state index contributed by atoms with van der Waals surface area (Å²) < 4.78 is 5.32.